The molecule has 0 heterocycles. The van der Waals surface area contributed by atoms with Gasteiger partial charge in [-0.1, -0.05) is 36.4 Å². The Morgan fingerprint density at radius 1 is 0.714 bits per heavy atom. The zero-order valence-electron chi connectivity index (χ0n) is 12.0. The Kier molecular flexibility index (Phi) is 3.61. The Morgan fingerprint density at radius 2 is 1.33 bits per heavy atom. The molecule has 0 aliphatic rings. The minimum atomic E-state index is 0.788. The van der Waals surface area contributed by atoms with Crippen LogP contribution < -0.4 is 11.1 Å². The van der Waals surface area contributed by atoms with Crippen LogP contribution in [0.15, 0.2) is 72.8 Å². The first-order valence-electron chi connectivity index (χ1n) is 7.00. The highest BCUT2D eigenvalue weighted by Gasteiger charge is 1.99. The molecular weight excluding hydrogens is 256 g/mol. The first-order valence-corrected chi connectivity index (χ1v) is 7.00. The largest absolute Gasteiger partial charge is 0.399 e. The fraction of sp³-hybridized carbons (Fsp3) is 0.0526. The van der Waals surface area contributed by atoms with Crippen molar-refractivity contribution in [2.24, 2.45) is 0 Å². The normalized spacial score (nSPS) is 10.3. The zero-order valence-corrected chi connectivity index (χ0v) is 12.0. The van der Waals surface area contributed by atoms with Gasteiger partial charge in [0.1, 0.15) is 0 Å². The van der Waals surface area contributed by atoms with E-state index in [1.807, 2.05) is 24.3 Å². The summed E-state index contributed by atoms with van der Waals surface area (Å²) in [5.41, 5.74) is 12.3. The van der Waals surface area contributed by atoms with Gasteiger partial charge >= 0.3 is 0 Å². The molecule has 0 spiro atoms. The van der Waals surface area contributed by atoms with Crippen LogP contribution in [0, 0.1) is 6.92 Å². The zero-order chi connectivity index (χ0) is 14.7. The summed E-state index contributed by atoms with van der Waals surface area (Å²) < 4.78 is 0. The van der Waals surface area contributed by atoms with Crippen LogP contribution in [0.2, 0.25) is 0 Å². The molecule has 3 N–H and O–H groups in total. The van der Waals surface area contributed by atoms with Crippen LogP contribution in [0.5, 0.6) is 0 Å². The third-order valence-electron chi connectivity index (χ3n) is 3.44. The number of nitrogen functional groups attached to an aromatic ring is 1. The van der Waals surface area contributed by atoms with Crippen molar-refractivity contribution in [2.45, 2.75) is 6.92 Å². The van der Waals surface area contributed by atoms with Crippen molar-refractivity contribution in [3.8, 4) is 11.1 Å². The fourth-order valence-electron chi connectivity index (χ4n) is 2.31. The number of anilines is 3. The predicted molar refractivity (Wildman–Crippen MR) is 90.8 cm³/mol. The van der Waals surface area contributed by atoms with Gasteiger partial charge in [0.05, 0.1) is 0 Å². The van der Waals surface area contributed by atoms with E-state index in [0.29, 0.717) is 0 Å². The summed E-state index contributed by atoms with van der Waals surface area (Å²) in [6.45, 7) is 2.09. The molecule has 0 saturated heterocycles. The first kappa shape index (κ1) is 13.3. The van der Waals surface area contributed by atoms with E-state index in [2.05, 4.69) is 60.8 Å². The van der Waals surface area contributed by atoms with Gasteiger partial charge in [-0.3, -0.25) is 0 Å². The van der Waals surface area contributed by atoms with Gasteiger partial charge in [0.15, 0.2) is 0 Å². The van der Waals surface area contributed by atoms with Crippen LogP contribution in [0.25, 0.3) is 11.1 Å². The van der Waals surface area contributed by atoms with Crippen molar-refractivity contribution in [1.82, 2.24) is 0 Å². The molecule has 3 aromatic carbocycles. The van der Waals surface area contributed by atoms with Gasteiger partial charge in [0.2, 0.25) is 0 Å². The molecule has 3 rings (SSSR count). The number of hydrogen-bond donors (Lipinski definition) is 2. The lowest BCUT2D eigenvalue weighted by atomic mass is 10.1. The van der Waals surface area contributed by atoms with Gasteiger partial charge in [-0.25, -0.2) is 0 Å². The molecule has 2 heteroatoms. The number of hydrogen-bond acceptors (Lipinski definition) is 2. The molecular formula is C19H18N2. The second kappa shape index (κ2) is 5.71. The van der Waals surface area contributed by atoms with Crippen molar-refractivity contribution in [3.05, 3.63) is 78.4 Å². The minimum Gasteiger partial charge on any atom is -0.399 e. The lowest BCUT2D eigenvalue weighted by molar-refractivity contribution is 1.45. The Labute approximate surface area is 125 Å². The molecule has 0 bridgehead atoms. The minimum absolute atomic E-state index is 0.788. The highest BCUT2D eigenvalue weighted by atomic mass is 14.9. The maximum Gasteiger partial charge on any atom is 0.0386 e. The van der Waals surface area contributed by atoms with E-state index in [9.17, 15) is 0 Å². The van der Waals surface area contributed by atoms with Gasteiger partial charge in [-0.05, 0) is 60.0 Å². The van der Waals surface area contributed by atoms with Gasteiger partial charge in [-0.15, -0.1) is 0 Å². The highest BCUT2D eigenvalue weighted by Crippen LogP contribution is 2.24. The van der Waals surface area contributed by atoms with Crippen molar-refractivity contribution in [3.63, 3.8) is 0 Å². The molecule has 0 aliphatic carbocycles. The maximum absolute atomic E-state index is 5.72. The Morgan fingerprint density at radius 3 is 1.95 bits per heavy atom. The molecule has 0 atom stereocenters. The molecule has 2 nitrogen and oxygen atoms in total. The number of nitrogens with one attached hydrogen (secondary N) is 1. The molecule has 0 fully saturated rings. The quantitative estimate of drug-likeness (QED) is 0.660. The average molecular weight is 274 g/mol. The number of benzene rings is 3. The SMILES string of the molecule is Cc1cccc(Nc2ccc(-c3ccc(N)cc3)cc2)c1. The predicted octanol–water partition coefficient (Wildman–Crippen LogP) is 4.99. The van der Waals surface area contributed by atoms with Crippen molar-refractivity contribution < 1.29 is 0 Å². The second-order valence-electron chi connectivity index (χ2n) is 5.19. The molecule has 0 unspecified atom stereocenters. The summed E-state index contributed by atoms with van der Waals surface area (Å²) in [6.07, 6.45) is 0. The second-order valence-corrected chi connectivity index (χ2v) is 5.19. The van der Waals surface area contributed by atoms with E-state index < -0.39 is 0 Å². The molecule has 0 aliphatic heterocycles. The Balaban J connectivity index is 1.79. The maximum atomic E-state index is 5.72. The summed E-state index contributed by atoms with van der Waals surface area (Å²) in [5.74, 6) is 0. The molecule has 3 aromatic rings. The topological polar surface area (TPSA) is 38.0 Å². The number of rotatable bonds is 3. The van der Waals surface area contributed by atoms with E-state index in [0.717, 1.165) is 17.1 Å². The fourth-order valence-corrected chi connectivity index (χ4v) is 2.31. The highest BCUT2D eigenvalue weighted by molar-refractivity contribution is 5.69. The third-order valence-corrected chi connectivity index (χ3v) is 3.44. The van der Waals surface area contributed by atoms with Crippen LogP contribution >= 0.6 is 0 Å². The molecule has 0 radical (unpaired) electrons. The summed E-state index contributed by atoms with van der Waals surface area (Å²) in [4.78, 5) is 0. The number of nitrogens with two attached hydrogens (primary N) is 1. The van der Waals surface area contributed by atoms with Gasteiger partial charge in [0, 0.05) is 17.1 Å². The van der Waals surface area contributed by atoms with E-state index in [4.69, 9.17) is 5.73 Å². The Hall–Kier alpha value is -2.74. The summed E-state index contributed by atoms with van der Waals surface area (Å²) in [5, 5.41) is 3.41. The van der Waals surface area contributed by atoms with Gasteiger partial charge in [0.25, 0.3) is 0 Å². The monoisotopic (exact) mass is 274 g/mol. The standard InChI is InChI=1S/C19H18N2/c1-14-3-2-4-19(13-14)21-18-11-7-16(8-12-18)15-5-9-17(20)10-6-15/h2-13,21H,20H2,1H3. The van der Waals surface area contributed by atoms with E-state index in [-0.39, 0.29) is 0 Å². The average Bonchev–Trinajstić information content (AvgIpc) is 2.49. The van der Waals surface area contributed by atoms with Crippen LogP contribution in [0.3, 0.4) is 0 Å². The van der Waals surface area contributed by atoms with Crippen molar-refractivity contribution in [2.75, 3.05) is 11.1 Å². The van der Waals surface area contributed by atoms with Crippen LogP contribution in [-0.4, -0.2) is 0 Å². The molecule has 0 amide bonds. The summed E-state index contributed by atoms with van der Waals surface area (Å²) in [6, 6.07) is 24.7. The van der Waals surface area contributed by atoms with Crippen LogP contribution in [0.4, 0.5) is 17.1 Å². The third kappa shape index (κ3) is 3.23. The lowest BCUT2D eigenvalue weighted by Gasteiger charge is -2.08. The summed E-state index contributed by atoms with van der Waals surface area (Å²) in [7, 11) is 0. The van der Waals surface area contributed by atoms with E-state index >= 15 is 0 Å². The van der Waals surface area contributed by atoms with Crippen LogP contribution in [-0.2, 0) is 0 Å². The van der Waals surface area contributed by atoms with E-state index in [1.54, 1.807) is 0 Å². The molecule has 0 saturated carbocycles. The van der Waals surface area contributed by atoms with E-state index in [1.165, 1.54) is 16.7 Å². The molecule has 104 valence electrons. The van der Waals surface area contributed by atoms with Gasteiger partial charge < -0.3 is 11.1 Å². The van der Waals surface area contributed by atoms with Gasteiger partial charge in [-0.2, -0.15) is 0 Å². The van der Waals surface area contributed by atoms with Crippen LogP contribution in [0.1, 0.15) is 5.56 Å². The Bertz CT molecular complexity index is 728. The van der Waals surface area contributed by atoms with Crippen molar-refractivity contribution in [1.29, 1.82) is 0 Å². The smallest absolute Gasteiger partial charge is 0.0386 e. The molecule has 21 heavy (non-hydrogen) atoms. The lowest BCUT2D eigenvalue weighted by Crippen LogP contribution is -1.90. The first-order chi connectivity index (χ1) is 10.2. The van der Waals surface area contributed by atoms with Crippen molar-refractivity contribution >= 4 is 17.1 Å². The molecule has 0 aromatic heterocycles. The number of aryl methyl sites for hydroxylation is 1. The summed E-state index contributed by atoms with van der Waals surface area (Å²) >= 11 is 0.